The summed E-state index contributed by atoms with van der Waals surface area (Å²) in [5.41, 5.74) is 4.55. The van der Waals surface area contributed by atoms with Crippen LogP contribution in [0.1, 0.15) is 10.4 Å². The van der Waals surface area contributed by atoms with Crippen LogP contribution in [0.25, 0.3) is 21.3 Å². The number of aryl methyl sites for hydroxylation is 2. The Morgan fingerprint density at radius 2 is 1.73 bits per heavy atom. The predicted molar refractivity (Wildman–Crippen MR) is 117 cm³/mol. The number of fused-ring (bicyclic) bond motifs is 1. The Labute approximate surface area is 172 Å². The van der Waals surface area contributed by atoms with Gasteiger partial charge in [0.1, 0.15) is 17.0 Å². The fourth-order valence-electron chi connectivity index (χ4n) is 2.91. The van der Waals surface area contributed by atoms with Gasteiger partial charge in [0.2, 0.25) is 0 Å². The van der Waals surface area contributed by atoms with Crippen LogP contribution in [0.5, 0.6) is 0 Å². The number of hydrogen-bond acceptors (Lipinski definition) is 4. The van der Waals surface area contributed by atoms with Gasteiger partial charge in [-0.1, -0.05) is 50.1 Å². The van der Waals surface area contributed by atoms with Gasteiger partial charge in [-0.05, 0) is 49.2 Å². The summed E-state index contributed by atoms with van der Waals surface area (Å²) in [7, 11) is 0. The summed E-state index contributed by atoms with van der Waals surface area (Å²) in [6.07, 6.45) is 1.62. The van der Waals surface area contributed by atoms with Gasteiger partial charge < -0.3 is 5.32 Å². The van der Waals surface area contributed by atoms with Crippen molar-refractivity contribution in [1.29, 1.82) is 0 Å². The minimum atomic E-state index is 0.827. The molecule has 4 rings (SSSR count). The Morgan fingerprint density at radius 3 is 2.46 bits per heavy atom. The first kappa shape index (κ1) is 17.6. The van der Waals surface area contributed by atoms with Crippen LogP contribution in [-0.4, -0.2) is 9.97 Å². The number of rotatable bonds is 3. The van der Waals surface area contributed by atoms with E-state index in [1.54, 1.807) is 17.7 Å². The van der Waals surface area contributed by atoms with E-state index in [4.69, 9.17) is 0 Å². The van der Waals surface area contributed by atoms with E-state index in [9.17, 15) is 0 Å². The maximum Gasteiger partial charge on any atom is 0.143 e. The minimum absolute atomic E-state index is 0.827. The molecule has 26 heavy (non-hydrogen) atoms. The number of hydrogen-bond donors (Lipinski definition) is 1. The van der Waals surface area contributed by atoms with Crippen molar-refractivity contribution in [3.05, 3.63) is 68.2 Å². The molecule has 2 heterocycles. The highest BCUT2D eigenvalue weighted by molar-refractivity contribution is 9.10. The van der Waals surface area contributed by atoms with Crippen LogP contribution >= 0.6 is 43.2 Å². The number of benzene rings is 2. The summed E-state index contributed by atoms with van der Waals surface area (Å²) in [4.78, 5) is 11.2. The zero-order chi connectivity index (χ0) is 18.3. The zero-order valence-electron chi connectivity index (χ0n) is 14.2. The Kier molecular flexibility index (Phi) is 4.82. The van der Waals surface area contributed by atoms with Gasteiger partial charge in [0.05, 0.1) is 5.39 Å². The zero-order valence-corrected chi connectivity index (χ0v) is 18.2. The lowest BCUT2D eigenvalue weighted by molar-refractivity contribution is 1.23. The highest BCUT2D eigenvalue weighted by Gasteiger charge is 2.17. The summed E-state index contributed by atoms with van der Waals surface area (Å²) in [5, 5.41) is 4.53. The van der Waals surface area contributed by atoms with E-state index in [1.807, 2.05) is 0 Å². The molecule has 130 valence electrons. The van der Waals surface area contributed by atoms with Gasteiger partial charge in [-0.2, -0.15) is 0 Å². The van der Waals surface area contributed by atoms with E-state index in [1.165, 1.54) is 21.6 Å². The highest BCUT2D eigenvalue weighted by atomic mass is 79.9. The number of nitrogens with zero attached hydrogens (tertiary/aromatic N) is 2. The molecule has 0 fully saturated rings. The average Bonchev–Trinajstić information content (AvgIpc) is 2.96. The summed E-state index contributed by atoms with van der Waals surface area (Å²) in [5.74, 6) is 0.827. The molecule has 4 aromatic rings. The van der Waals surface area contributed by atoms with Crippen molar-refractivity contribution in [2.75, 3.05) is 5.32 Å². The number of anilines is 2. The molecule has 0 saturated carbocycles. The molecule has 0 bridgehead atoms. The molecule has 0 amide bonds. The third-order valence-corrected chi connectivity index (χ3v) is 6.63. The number of halogens is 2. The average molecular weight is 489 g/mol. The van der Waals surface area contributed by atoms with Crippen molar-refractivity contribution in [3.63, 3.8) is 0 Å². The van der Waals surface area contributed by atoms with Crippen LogP contribution in [-0.2, 0) is 0 Å². The van der Waals surface area contributed by atoms with Gasteiger partial charge in [-0.3, -0.25) is 0 Å². The van der Waals surface area contributed by atoms with Crippen LogP contribution in [0.4, 0.5) is 11.5 Å². The third kappa shape index (κ3) is 3.29. The lowest BCUT2D eigenvalue weighted by atomic mass is 10.0. The molecule has 0 aliphatic rings. The van der Waals surface area contributed by atoms with E-state index in [2.05, 4.69) is 103 Å². The molecule has 0 aliphatic heterocycles. The lowest BCUT2D eigenvalue weighted by Crippen LogP contribution is -1.96. The van der Waals surface area contributed by atoms with E-state index in [-0.39, 0.29) is 0 Å². The maximum absolute atomic E-state index is 4.53. The maximum atomic E-state index is 4.53. The molecule has 1 N–H and O–H groups in total. The monoisotopic (exact) mass is 487 g/mol. The van der Waals surface area contributed by atoms with Crippen LogP contribution in [0.15, 0.2) is 57.7 Å². The second-order valence-corrected chi connectivity index (χ2v) is 9.00. The SMILES string of the molecule is Cc1ccc(Nc2ncnc3sc(C)c(-c4ccc(Br)cc4)c23)cc1Br. The Morgan fingerprint density at radius 1 is 0.962 bits per heavy atom. The molecule has 0 unspecified atom stereocenters. The quantitative estimate of drug-likeness (QED) is 0.330. The van der Waals surface area contributed by atoms with Gasteiger partial charge in [0.15, 0.2) is 0 Å². The normalized spacial score (nSPS) is 11.1. The van der Waals surface area contributed by atoms with Crippen LogP contribution in [0.2, 0.25) is 0 Å². The van der Waals surface area contributed by atoms with Crippen molar-refractivity contribution in [2.24, 2.45) is 0 Å². The molecule has 2 aromatic heterocycles. The van der Waals surface area contributed by atoms with Crippen molar-refractivity contribution >= 4 is 64.9 Å². The Balaban J connectivity index is 1.87. The molecule has 0 saturated heterocycles. The Hall–Kier alpha value is -1.76. The van der Waals surface area contributed by atoms with Crippen LogP contribution < -0.4 is 5.32 Å². The molecule has 0 spiro atoms. The first-order chi connectivity index (χ1) is 12.5. The predicted octanol–water partition coefficient (Wildman–Crippen LogP) is 7.24. The summed E-state index contributed by atoms with van der Waals surface area (Å²) in [6.45, 7) is 4.21. The van der Waals surface area contributed by atoms with Crippen molar-refractivity contribution < 1.29 is 0 Å². The molecule has 3 nitrogen and oxygen atoms in total. The standard InChI is InChI=1S/C20H15Br2N3S/c1-11-3-8-15(9-16(11)22)25-19-18-17(13-4-6-14(21)7-5-13)12(2)26-20(18)24-10-23-19/h3-10H,1-2H3,(H,23,24,25). The van der Waals surface area contributed by atoms with Crippen molar-refractivity contribution in [3.8, 4) is 11.1 Å². The third-order valence-electron chi connectivity index (χ3n) is 4.23. The molecule has 6 heteroatoms. The topological polar surface area (TPSA) is 37.8 Å². The van der Waals surface area contributed by atoms with E-state index in [0.29, 0.717) is 0 Å². The molecular formula is C20H15Br2N3S. The van der Waals surface area contributed by atoms with Gasteiger partial charge in [0, 0.05) is 25.1 Å². The number of aromatic nitrogens is 2. The first-order valence-corrected chi connectivity index (χ1v) is 10.5. The lowest BCUT2D eigenvalue weighted by Gasteiger charge is -2.10. The number of thiophene rings is 1. The van der Waals surface area contributed by atoms with Gasteiger partial charge >= 0.3 is 0 Å². The molecule has 0 aliphatic carbocycles. The fourth-order valence-corrected chi connectivity index (χ4v) is 4.57. The fraction of sp³-hybridized carbons (Fsp3) is 0.100. The van der Waals surface area contributed by atoms with Gasteiger partial charge in [0.25, 0.3) is 0 Å². The van der Waals surface area contributed by atoms with E-state index in [0.717, 1.165) is 30.7 Å². The van der Waals surface area contributed by atoms with Crippen molar-refractivity contribution in [1.82, 2.24) is 9.97 Å². The van der Waals surface area contributed by atoms with Crippen LogP contribution in [0.3, 0.4) is 0 Å². The summed E-state index contributed by atoms with van der Waals surface area (Å²) in [6, 6.07) is 14.6. The smallest absolute Gasteiger partial charge is 0.143 e. The second-order valence-electron chi connectivity index (χ2n) is 6.03. The highest BCUT2D eigenvalue weighted by Crippen LogP contribution is 2.41. The van der Waals surface area contributed by atoms with E-state index < -0.39 is 0 Å². The van der Waals surface area contributed by atoms with E-state index >= 15 is 0 Å². The first-order valence-electron chi connectivity index (χ1n) is 8.06. The minimum Gasteiger partial charge on any atom is -0.340 e. The second kappa shape index (κ2) is 7.10. The number of nitrogens with one attached hydrogen (secondary N) is 1. The molecule has 0 atom stereocenters. The Bertz CT molecular complexity index is 1100. The molecular weight excluding hydrogens is 474 g/mol. The van der Waals surface area contributed by atoms with Gasteiger partial charge in [-0.15, -0.1) is 11.3 Å². The van der Waals surface area contributed by atoms with Crippen molar-refractivity contribution in [2.45, 2.75) is 13.8 Å². The largest absolute Gasteiger partial charge is 0.340 e. The molecule has 2 aromatic carbocycles. The molecule has 0 radical (unpaired) electrons. The summed E-state index contributed by atoms with van der Waals surface area (Å²) < 4.78 is 2.14. The summed E-state index contributed by atoms with van der Waals surface area (Å²) >= 11 is 8.80. The van der Waals surface area contributed by atoms with Crippen LogP contribution in [0, 0.1) is 13.8 Å². The van der Waals surface area contributed by atoms with Gasteiger partial charge in [-0.25, -0.2) is 9.97 Å².